The zero-order valence-electron chi connectivity index (χ0n) is 10.5. The SMILES string of the molecule is c1cc2c(cc1CN1CCCCCC1)CNC2. The standard InChI is InChI=1S/C15H22N2/c1-2-4-8-17(7-3-1)12-13-5-6-14-10-16-11-15(14)9-13/h5-6,9,16H,1-4,7-8,10-12H2. The van der Waals surface area contributed by atoms with Gasteiger partial charge in [-0.2, -0.15) is 0 Å². The highest BCUT2D eigenvalue weighted by molar-refractivity contribution is 5.34. The number of nitrogens with one attached hydrogen (secondary N) is 1. The van der Waals surface area contributed by atoms with Crippen LogP contribution < -0.4 is 5.32 Å². The van der Waals surface area contributed by atoms with Gasteiger partial charge in [0, 0.05) is 19.6 Å². The third kappa shape index (κ3) is 2.70. The third-order valence-electron chi connectivity index (χ3n) is 4.01. The van der Waals surface area contributed by atoms with Crippen molar-refractivity contribution >= 4 is 0 Å². The monoisotopic (exact) mass is 230 g/mol. The maximum atomic E-state index is 3.41. The Labute approximate surface area is 104 Å². The van der Waals surface area contributed by atoms with E-state index < -0.39 is 0 Å². The Bertz CT molecular complexity index is 379. The van der Waals surface area contributed by atoms with Crippen LogP contribution in [-0.4, -0.2) is 18.0 Å². The van der Waals surface area contributed by atoms with Crippen LogP contribution in [-0.2, 0) is 19.6 Å². The fourth-order valence-corrected chi connectivity index (χ4v) is 3.00. The molecule has 2 aliphatic heterocycles. The van der Waals surface area contributed by atoms with E-state index in [1.165, 1.54) is 55.5 Å². The molecule has 92 valence electrons. The van der Waals surface area contributed by atoms with Crippen LogP contribution in [0.25, 0.3) is 0 Å². The lowest BCUT2D eigenvalue weighted by Gasteiger charge is -2.20. The lowest BCUT2D eigenvalue weighted by molar-refractivity contribution is 0.277. The molecule has 0 radical (unpaired) electrons. The van der Waals surface area contributed by atoms with Crippen molar-refractivity contribution in [2.24, 2.45) is 0 Å². The molecule has 2 heterocycles. The summed E-state index contributed by atoms with van der Waals surface area (Å²) < 4.78 is 0. The van der Waals surface area contributed by atoms with E-state index in [4.69, 9.17) is 0 Å². The second-order valence-corrected chi connectivity index (χ2v) is 5.40. The fourth-order valence-electron chi connectivity index (χ4n) is 3.00. The summed E-state index contributed by atoms with van der Waals surface area (Å²) in [4.78, 5) is 2.62. The molecule has 0 atom stereocenters. The lowest BCUT2D eigenvalue weighted by Crippen LogP contribution is -2.23. The first-order valence-corrected chi connectivity index (χ1v) is 6.95. The molecule has 1 aromatic carbocycles. The van der Waals surface area contributed by atoms with Gasteiger partial charge in [-0.3, -0.25) is 4.90 Å². The Balaban J connectivity index is 1.67. The van der Waals surface area contributed by atoms with Crippen molar-refractivity contribution in [3.8, 4) is 0 Å². The molecule has 0 bridgehead atoms. The van der Waals surface area contributed by atoms with Gasteiger partial charge in [-0.05, 0) is 42.6 Å². The second-order valence-electron chi connectivity index (χ2n) is 5.40. The van der Waals surface area contributed by atoms with Crippen LogP contribution in [0.4, 0.5) is 0 Å². The Morgan fingerprint density at radius 2 is 1.71 bits per heavy atom. The van der Waals surface area contributed by atoms with Crippen molar-refractivity contribution in [2.75, 3.05) is 13.1 Å². The highest BCUT2D eigenvalue weighted by Crippen LogP contribution is 2.19. The average Bonchev–Trinajstić information content (AvgIpc) is 2.65. The molecular formula is C15H22N2. The highest BCUT2D eigenvalue weighted by Gasteiger charge is 2.13. The summed E-state index contributed by atoms with van der Waals surface area (Å²) in [6, 6.07) is 7.03. The minimum atomic E-state index is 1.05. The van der Waals surface area contributed by atoms with Gasteiger partial charge in [0.2, 0.25) is 0 Å². The minimum Gasteiger partial charge on any atom is -0.309 e. The van der Waals surface area contributed by atoms with Crippen LogP contribution in [0.3, 0.4) is 0 Å². The molecule has 0 amide bonds. The number of likely N-dealkylation sites (tertiary alicyclic amines) is 1. The van der Waals surface area contributed by atoms with Gasteiger partial charge in [0.15, 0.2) is 0 Å². The molecule has 0 unspecified atom stereocenters. The second kappa shape index (κ2) is 5.19. The molecular weight excluding hydrogens is 208 g/mol. The van der Waals surface area contributed by atoms with E-state index in [1.807, 2.05) is 0 Å². The number of hydrogen-bond donors (Lipinski definition) is 1. The van der Waals surface area contributed by atoms with E-state index in [-0.39, 0.29) is 0 Å². The van der Waals surface area contributed by atoms with Gasteiger partial charge in [0.05, 0.1) is 0 Å². The molecule has 2 aliphatic rings. The van der Waals surface area contributed by atoms with Crippen LogP contribution in [0.15, 0.2) is 18.2 Å². The van der Waals surface area contributed by atoms with Gasteiger partial charge in [-0.1, -0.05) is 31.0 Å². The molecule has 0 aromatic heterocycles. The van der Waals surface area contributed by atoms with Gasteiger partial charge in [-0.25, -0.2) is 0 Å². The summed E-state index contributed by atoms with van der Waals surface area (Å²) in [7, 11) is 0. The molecule has 1 saturated heterocycles. The maximum Gasteiger partial charge on any atom is 0.0233 e. The molecule has 17 heavy (non-hydrogen) atoms. The van der Waals surface area contributed by atoms with Gasteiger partial charge in [0.1, 0.15) is 0 Å². The molecule has 3 rings (SSSR count). The van der Waals surface area contributed by atoms with E-state index in [9.17, 15) is 0 Å². The molecule has 0 aliphatic carbocycles. The van der Waals surface area contributed by atoms with Gasteiger partial charge in [0.25, 0.3) is 0 Å². The van der Waals surface area contributed by atoms with Crippen LogP contribution in [0.2, 0.25) is 0 Å². The zero-order chi connectivity index (χ0) is 11.5. The van der Waals surface area contributed by atoms with E-state index in [0.717, 1.165) is 19.6 Å². The average molecular weight is 230 g/mol. The predicted molar refractivity (Wildman–Crippen MR) is 70.7 cm³/mol. The van der Waals surface area contributed by atoms with Crippen molar-refractivity contribution in [1.29, 1.82) is 0 Å². The van der Waals surface area contributed by atoms with E-state index in [1.54, 1.807) is 0 Å². The molecule has 1 fully saturated rings. The number of benzene rings is 1. The van der Waals surface area contributed by atoms with Gasteiger partial charge >= 0.3 is 0 Å². The number of nitrogens with zero attached hydrogens (tertiary/aromatic N) is 1. The van der Waals surface area contributed by atoms with E-state index in [2.05, 4.69) is 28.4 Å². The summed E-state index contributed by atoms with van der Waals surface area (Å²) in [5.74, 6) is 0. The number of rotatable bonds is 2. The summed E-state index contributed by atoms with van der Waals surface area (Å²) in [5.41, 5.74) is 4.50. The lowest BCUT2D eigenvalue weighted by atomic mass is 10.1. The van der Waals surface area contributed by atoms with Crippen molar-refractivity contribution in [3.63, 3.8) is 0 Å². The summed E-state index contributed by atoms with van der Waals surface area (Å²) in [5, 5.41) is 3.41. The van der Waals surface area contributed by atoms with Gasteiger partial charge in [-0.15, -0.1) is 0 Å². The zero-order valence-corrected chi connectivity index (χ0v) is 10.5. The summed E-state index contributed by atoms with van der Waals surface area (Å²) in [6.07, 6.45) is 5.61. The third-order valence-corrected chi connectivity index (χ3v) is 4.01. The molecule has 2 heteroatoms. The van der Waals surface area contributed by atoms with Crippen LogP contribution >= 0.6 is 0 Å². The quantitative estimate of drug-likeness (QED) is 0.840. The summed E-state index contributed by atoms with van der Waals surface area (Å²) >= 11 is 0. The molecule has 2 nitrogen and oxygen atoms in total. The first-order valence-electron chi connectivity index (χ1n) is 6.95. The Kier molecular flexibility index (Phi) is 3.44. The maximum absolute atomic E-state index is 3.41. The topological polar surface area (TPSA) is 15.3 Å². The molecule has 1 N–H and O–H groups in total. The fraction of sp³-hybridized carbons (Fsp3) is 0.600. The van der Waals surface area contributed by atoms with Crippen molar-refractivity contribution in [2.45, 2.75) is 45.3 Å². The van der Waals surface area contributed by atoms with Crippen LogP contribution in [0.5, 0.6) is 0 Å². The summed E-state index contributed by atoms with van der Waals surface area (Å²) in [6.45, 7) is 5.83. The number of hydrogen-bond acceptors (Lipinski definition) is 2. The Morgan fingerprint density at radius 1 is 0.941 bits per heavy atom. The van der Waals surface area contributed by atoms with E-state index in [0.29, 0.717) is 0 Å². The largest absolute Gasteiger partial charge is 0.309 e. The molecule has 0 saturated carbocycles. The first kappa shape index (κ1) is 11.2. The first-order chi connectivity index (χ1) is 8.42. The predicted octanol–water partition coefficient (Wildman–Crippen LogP) is 2.67. The molecule has 1 aromatic rings. The van der Waals surface area contributed by atoms with Crippen molar-refractivity contribution < 1.29 is 0 Å². The van der Waals surface area contributed by atoms with Gasteiger partial charge < -0.3 is 5.32 Å². The highest BCUT2D eigenvalue weighted by atomic mass is 15.1. The Hall–Kier alpha value is -0.860. The van der Waals surface area contributed by atoms with Crippen LogP contribution in [0.1, 0.15) is 42.4 Å². The number of fused-ring (bicyclic) bond motifs is 1. The minimum absolute atomic E-state index is 1.05. The molecule has 0 spiro atoms. The Morgan fingerprint density at radius 3 is 2.53 bits per heavy atom. The van der Waals surface area contributed by atoms with Crippen molar-refractivity contribution in [3.05, 3.63) is 34.9 Å². The van der Waals surface area contributed by atoms with Crippen molar-refractivity contribution in [1.82, 2.24) is 10.2 Å². The van der Waals surface area contributed by atoms with Crippen LogP contribution in [0, 0.1) is 0 Å². The van der Waals surface area contributed by atoms with E-state index >= 15 is 0 Å². The normalized spacial score (nSPS) is 21.2. The smallest absolute Gasteiger partial charge is 0.0233 e.